The lowest BCUT2D eigenvalue weighted by molar-refractivity contribution is -0.385. The molecule has 0 radical (unpaired) electrons. The Morgan fingerprint density at radius 2 is 1.86 bits per heavy atom. The van der Waals surface area contributed by atoms with E-state index < -0.39 is 11.0 Å². The van der Waals surface area contributed by atoms with Gasteiger partial charge in [0.1, 0.15) is 0 Å². The molecule has 0 aliphatic heterocycles. The highest BCUT2D eigenvalue weighted by Gasteiger charge is 2.12. The summed E-state index contributed by atoms with van der Waals surface area (Å²) in [5.74, 6) is 0. The van der Waals surface area contributed by atoms with Gasteiger partial charge >= 0.3 is 0 Å². The average Bonchev–Trinajstić information content (AvgIpc) is 2.48. The zero-order valence-corrected chi connectivity index (χ0v) is 12.0. The van der Waals surface area contributed by atoms with E-state index >= 15 is 0 Å². The zero-order chi connectivity index (χ0) is 15.2. The fraction of sp³-hybridized carbons (Fsp3) is 0.200. The SMILES string of the molecule is O=[N+]([O-])c1ccccc1CNC[C@H](O)c1ccc(Cl)cc1. The molecule has 2 aromatic carbocycles. The van der Waals surface area contributed by atoms with Crippen molar-refractivity contribution in [3.05, 3.63) is 74.8 Å². The number of hydrogen-bond acceptors (Lipinski definition) is 4. The molecular weight excluding hydrogens is 292 g/mol. The molecule has 0 fully saturated rings. The summed E-state index contributed by atoms with van der Waals surface area (Å²) in [6.07, 6.45) is -0.690. The van der Waals surface area contributed by atoms with Gasteiger partial charge in [0.2, 0.25) is 0 Å². The van der Waals surface area contributed by atoms with Crippen LogP contribution in [-0.2, 0) is 6.54 Å². The van der Waals surface area contributed by atoms with Crippen LogP contribution >= 0.6 is 11.6 Å². The van der Waals surface area contributed by atoms with E-state index in [2.05, 4.69) is 5.32 Å². The molecule has 21 heavy (non-hydrogen) atoms. The maximum atomic E-state index is 10.9. The summed E-state index contributed by atoms with van der Waals surface area (Å²) in [4.78, 5) is 10.5. The maximum Gasteiger partial charge on any atom is 0.273 e. The van der Waals surface area contributed by atoms with Gasteiger partial charge in [0, 0.05) is 29.7 Å². The summed E-state index contributed by atoms with van der Waals surface area (Å²) in [6.45, 7) is 0.621. The molecule has 2 aromatic rings. The fourth-order valence-corrected chi connectivity index (χ4v) is 2.11. The van der Waals surface area contributed by atoms with E-state index in [1.54, 1.807) is 42.5 Å². The van der Waals surface area contributed by atoms with Crippen molar-refractivity contribution in [1.82, 2.24) is 5.32 Å². The fourth-order valence-electron chi connectivity index (χ4n) is 1.98. The smallest absolute Gasteiger partial charge is 0.273 e. The number of nitrogens with zero attached hydrogens (tertiary/aromatic N) is 1. The third-order valence-electron chi connectivity index (χ3n) is 3.10. The molecule has 0 saturated carbocycles. The number of nitrogens with one attached hydrogen (secondary N) is 1. The molecule has 0 aliphatic carbocycles. The minimum atomic E-state index is -0.690. The topological polar surface area (TPSA) is 75.4 Å². The first-order valence-corrected chi connectivity index (χ1v) is 6.82. The second-order valence-corrected chi connectivity index (χ2v) is 5.02. The van der Waals surface area contributed by atoms with E-state index in [1.807, 2.05) is 0 Å². The van der Waals surface area contributed by atoms with Gasteiger partial charge in [-0.1, -0.05) is 41.9 Å². The van der Waals surface area contributed by atoms with Crippen molar-refractivity contribution in [2.24, 2.45) is 0 Å². The third kappa shape index (κ3) is 4.26. The second kappa shape index (κ2) is 7.17. The van der Waals surface area contributed by atoms with Crippen molar-refractivity contribution in [2.45, 2.75) is 12.6 Å². The van der Waals surface area contributed by atoms with Crippen molar-refractivity contribution in [3.63, 3.8) is 0 Å². The van der Waals surface area contributed by atoms with Gasteiger partial charge in [-0.05, 0) is 17.7 Å². The van der Waals surface area contributed by atoms with Gasteiger partial charge < -0.3 is 10.4 Å². The standard InChI is InChI=1S/C15H15ClN2O3/c16-13-7-5-11(6-8-13)15(19)10-17-9-12-3-1-2-4-14(12)18(20)21/h1-8,15,17,19H,9-10H2/t15-/m0/s1. The zero-order valence-electron chi connectivity index (χ0n) is 11.2. The summed E-state index contributed by atoms with van der Waals surface area (Å²) >= 11 is 5.79. The van der Waals surface area contributed by atoms with Crippen molar-refractivity contribution in [1.29, 1.82) is 0 Å². The van der Waals surface area contributed by atoms with Crippen LogP contribution in [0, 0.1) is 10.1 Å². The molecule has 5 nitrogen and oxygen atoms in total. The van der Waals surface area contributed by atoms with Gasteiger partial charge in [0.25, 0.3) is 5.69 Å². The van der Waals surface area contributed by atoms with Crippen LogP contribution in [0.2, 0.25) is 5.02 Å². The first-order valence-electron chi connectivity index (χ1n) is 6.44. The van der Waals surface area contributed by atoms with Crippen molar-refractivity contribution < 1.29 is 10.0 Å². The molecule has 0 amide bonds. The largest absolute Gasteiger partial charge is 0.387 e. The minimum absolute atomic E-state index is 0.0750. The van der Waals surface area contributed by atoms with Gasteiger partial charge in [0.05, 0.1) is 11.0 Å². The lowest BCUT2D eigenvalue weighted by atomic mass is 10.1. The number of aliphatic hydroxyl groups excluding tert-OH is 1. The molecule has 0 heterocycles. The van der Waals surface area contributed by atoms with Crippen LogP contribution in [0.4, 0.5) is 5.69 Å². The number of hydrogen-bond donors (Lipinski definition) is 2. The lowest BCUT2D eigenvalue weighted by Gasteiger charge is -2.12. The monoisotopic (exact) mass is 306 g/mol. The first-order chi connectivity index (χ1) is 10.1. The summed E-state index contributed by atoms with van der Waals surface area (Å²) in [5, 5.41) is 24.5. The normalized spacial score (nSPS) is 12.1. The summed E-state index contributed by atoms with van der Waals surface area (Å²) in [6, 6.07) is 13.5. The number of nitro benzene ring substituents is 1. The number of halogens is 1. The predicted molar refractivity (Wildman–Crippen MR) is 81.2 cm³/mol. The molecule has 2 rings (SSSR count). The van der Waals surface area contributed by atoms with Gasteiger partial charge in [-0.2, -0.15) is 0 Å². The van der Waals surface area contributed by atoms with E-state index in [0.717, 1.165) is 5.56 Å². The summed E-state index contributed by atoms with van der Waals surface area (Å²) in [7, 11) is 0. The Kier molecular flexibility index (Phi) is 5.27. The molecule has 2 N–H and O–H groups in total. The molecule has 0 bridgehead atoms. The van der Waals surface area contributed by atoms with E-state index in [9.17, 15) is 15.2 Å². The van der Waals surface area contributed by atoms with Crippen molar-refractivity contribution >= 4 is 17.3 Å². The third-order valence-corrected chi connectivity index (χ3v) is 3.35. The predicted octanol–water partition coefficient (Wildman–Crippen LogP) is 3.07. The Morgan fingerprint density at radius 3 is 2.52 bits per heavy atom. The molecule has 1 atom stereocenters. The van der Waals surface area contributed by atoms with Gasteiger partial charge in [0.15, 0.2) is 0 Å². The highest BCUT2D eigenvalue weighted by atomic mass is 35.5. The summed E-state index contributed by atoms with van der Waals surface area (Å²) < 4.78 is 0. The number of para-hydroxylation sites is 1. The van der Waals surface area contributed by atoms with Crippen LogP contribution in [0.25, 0.3) is 0 Å². The van der Waals surface area contributed by atoms with E-state index in [0.29, 0.717) is 23.7 Å². The molecule has 0 spiro atoms. The molecule has 0 aliphatic rings. The van der Waals surface area contributed by atoms with Crippen molar-refractivity contribution in [3.8, 4) is 0 Å². The van der Waals surface area contributed by atoms with Crippen LogP contribution in [-0.4, -0.2) is 16.6 Å². The highest BCUT2D eigenvalue weighted by Crippen LogP contribution is 2.18. The Bertz CT molecular complexity index is 617. The second-order valence-electron chi connectivity index (χ2n) is 4.58. The minimum Gasteiger partial charge on any atom is -0.387 e. The molecule has 110 valence electrons. The summed E-state index contributed by atoms with van der Waals surface area (Å²) in [5.41, 5.74) is 1.41. The Labute approximate surface area is 127 Å². The van der Waals surface area contributed by atoms with Crippen LogP contribution in [0.3, 0.4) is 0 Å². The number of aliphatic hydroxyl groups is 1. The first kappa shape index (κ1) is 15.4. The van der Waals surface area contributed by atoms with Crippen LogP contribution in [0.5, 0.6) is 0 Å². The van der Waals surface area contributed by atoms with E-state index in [1.165, 1.54) is 6.07 Å². The van der Waals surface area contributed by atoms with Gasteiger partial charge in [-0.25, -0.2) is 0 Å². The maximum absolute atomic E-state index is 10.9. The average molecular weight is 307 g/mol. The van der Waals surface area contributed by atoms with Crippen LogP contribution in [0.15, 0.2) is 48.5 Å². The van der Waals surface area contributed by atoms with Crippen LogP contribution < -0.4 is 5.32 Å². The highest BCUT2D eigenvalue weighted by molar-refractivity contribution is 6.30. The lowest BCUT2D eigenvalue weighted by Crippen LogP contribution is -2.21. The molecule has 0 saturated heterocycles. The van der Waals surface area contributed by atoms with E-state index in [4.69, 9.17) is 11.6 Å². The molecule has 0 aromatic heterocycles. The van der Waals surface area contributed by atoms with Gasteiger partial charge in [-0.3, -0.25) is 10.1 Å². The number of rotatable bonds is 6. The van der Waals surface area contributed by atoms with Crippen molar-refractivity contribution in [2.75, 3.05) is 6.54 Å². The Balaban J connectivity index is 1.92. The molecular formula is C15H15ClN2O3. The Hall–Kier alpha value is -1.95. The molecule has 0 unspecified atom stereocenters. The number of benzene rings is 2. The Morgan fingerprint density at radius 1 is 1.19 bits per heavy atom. The molecule has 6 heteroatoms. The van der Waals surface area contributed by atoms with Gasteiger partial charge in [-0.15, -0.1) is 0 Å². The number of nitro groups is 1. The van der Waals surface area contributed by atoms with Crippen LogP contribution in [0.1, 0.15) is 17.2 Å². The quantitative estimate of drug-likeness (QED) is 0.635. The van der Waals surface area contributed by atoms with E-state index in [-0.39, 0.29) is 5.69 Å².